The molecule has 1 aromatic rings. The monoisotopic (exact) mass is 461 g/mol. The van der Waals surface area contributed by atoms with E-state index in [1.807, 2.05) is 26.2 Å². The van der Waals surface area contributed by atoms with Gasteiger partial charge in [-0.15, -0.1) is 0 Å². The predicted octanol–water partition coefficient (Wildman–Crippen LogP) is 9.65. The molecular formula is C30H55NO2. The lowest BCUT2D eigenvalue weighted by molar-refractivity contribution is -0.148. The van der Waals surface area contributed by atoms with Gasteiger partial charge in [-0.3, -0.25) is 9.78 Å². The number of aromatic nitrogens is 1. The Balaban J connectivity index is 0.000000843. The number of carbonyl (C=O) groups excluding carboxylic acids is 1. The number of pyridine rings is 1. The summed E-state index contributed by atoms with van der Waals surface area (Å²) in [5, 5.41) is 0. The highest BCUT2D eigenvalue weighted by molar-refractivity contribution is 5.71. The zero-order valence-electron chi connectivity index (χ0n) is 22.7. The molecule has 0 aliphatic rings. The maximum absolute atomic E-state index is 11.5. The highest BCUT2D eigenvalue weighted by Crippen LogP contribution is 2.16. The maximum Gasteiger partial charge on any atom is 0.308 e. The molecule has 33 heavy (non-hydrogen) atoms. The van der Waals surface area contributed by atoms with Gasteiger partial charge in [0.2, 0.25) is 0 Å². The van der Waals surface area contributed by atoms with Crippen molar-refractivity contribution in [2.45, 2.75) is 143 Å². The number of rotatable bonds is 19. The Morgan fingerprint density at radius 2 is 1.18 bits per heavy atom. The summed E-state index contributed by atoms with van der Waals surface area (Å²) < 4.78 is 5.26. The minimum absolute atomic E-state index is 0.0257. The van der Waals surface area contributed by atoms with Gasteiger partial charge in [-0.2, -0.15) is 0 Å². The van der Waals surface area contributed by atoms with Crippen LogP contribution >= 0.6 is 0 Å². The second-order valence-corrected chi connectivity index (χ2v) is 9.66. The first kappa shape index (κ1) is 31.6. The molecule has 192 valence electrons. The molecule has 0 fully saturated rings. The summed E-state index contributed by atoms with van der Waals surface area (Å²) in [5.74, 6) is 0.701. The maximum atomic E-state index is 11.5. The molecule has 0 aliphatic heterocycles. The molecule has 0 saturated heterocycles. The number of hydrogen-bond donors (Lipinski definition) is 0. The number of unbranched alkanes of at least 4 members (excludes halogenated alkanes) is 13. The summed E-state index contributed by atoms with van der Waals surface area (Å²) in [6, 6.07) is 4.16. The van der Waals surface area contributed by atoms with Gasteiger partial charge in [0, 0.05) is 12.4 Å². The fourth-order valence-electron chi connectivity index (χ4n) is 3.71. The molecule has 3 heteroatoms. The van der Waals surface area contributed by atoms with Crippen LogP contribution in [0.2, 0.25) is 0 Å². The molecule has 3 nitrogen and oxygen atoms in total. The van der Waals surface area contributed by atoms with Gasteiger partial charge >= 0.3 is 5.97 Å². The molecular weight excluding hydrogens is 406 g/mol. The Bertz CT molecular complexity index is 531. The van der Waals surface area contributed by atoms with Crippen molar-refractivity contribution in [3.63, 3.8) is 0 Å². The lowest BCUT2D eigenvalue weighted by Gasteiger charge is -2.08. The second kappa shape index (κ2) is 23.8. The first-order valence-electron chi connectivity index (χ1n) is 14.1. The average Bonchev–Trinajstić information content (AvgIpc) is 2.86. The molecule has 0 amide bonds. The average molecular weight is 462 g/mol. The molecule has 0 saturated carbocycles. The lowest BCUT2D eigenvalue weighted by atomic mass is 10.0. The smallest absolute Gasteiger partial charge is 0.308 e. The third kappa shape index (κ3) is 19.8. The quantitative estimate of drug-likeness (QED) is 0.152. The van der Waals surface area contributed by atoms with Crippen LogP contribution in [0.15, 0.2) is 24.5 Å². The van der Waals surface area contributed by atoms with Crippen molar-refractivity contribution >= 4 is 5.97 Å². The van der Waals surface area contributed by atoms with E-state index in [-0.39, 0.29) is 11.9 Å². The summed E-state index contributed by atoms with van der Waals surface area (Å²) in [5.41, 5.74) is 1.39. The van der Waals surface area contributed by atoms with Crippen LogP contribution in [0.1, 0.15) is 149 Å². The van der Waals surface area contributed by atoms with E-state index in [2.05, 4.69) is 37.9 Å². The molecule has 1 rings (SSSR count). The number of carbonyl (C=O) groups is 1. The van der Waals surface area contributed by atoms with Crippen molar-refractivity contribution in [1.29, 1.82) is 0 Å². The summed E-state index contributed by atoms with van der Waals surface area (Å²) in [4.78, 5) is 15.4. The van der Waals surface area contributed by atoms with E-state index in [0.717, 1.165) is 12.8 Å². The third-order valence-corrected chi connectivity index (χ3v) is 6.64. The topological polar surface area (TPSA) is 39.2 Å². The van der Waals surface area contributed by atoms with E-state index in [0.29, 0.717) is 12.5 Å². The van der Waals surface area contributed by atoms with Crippen LogP contribution in [0.25, 0.3) is 0 Å². The van der Waals surface area contributed by atoms with E-state index >= 15 is 0 Å². The summed E-state index contributed by atoms with van der Waals surface area (Å²) in [6.45, 7) is 11.3. The molecule has 0 N–H and O–H groups in total. The van der Waals surface area contributed by atoms with Crippen molar-refractivity contribution in [3.05, 3.63) is 30.1 Å². The Kier molecular flexibility index (Phi) is 22.8. The van der Waals surface area contributed by atoms with Crippen LogP contribution < -0.4 is 0 Å². The van der Waals surface area contributed by atoms with Crippen LogP contribution in [-0.2, 0) is 9.53 Å². The predicted molar refractivity (Wildman–Crippen MR) is 144 cm³/mol. The highest BCUT2D eigenvalue weighted by Gasteiger charge is 2.10. The normalized spacial score (nSPS) is 12.5. The Morgan fingerprint density at radius 3 is 1.61 bits per heavy atom. The van der Waals surface area contributed by atoms with Gasteiger partial charge in [-0.25, -0.2) is 0 Å². The van der Waals surface area contributed by atoms with Crippen molar-refractivity contribution in [2.75, 3.05) is 6.61 Å². The largest absolute Gasteiger partial charge is 0.465 e. The Hall–Kier alpha value is -1.38. The molecule has 1 heterocycles. The minimum atomic E-state index is -0.0257. The molecule has 0 spiro atoms. The summed E-state index contributed by atoms with van der Waals surface area (Å²) in [6.07, 6.45) is 24.8. The molecule has 0 aliphatic carbocycles. The molecule has 0 aromatic carbocycles. The lowest BCUT2D eigenvalue weighted by Crippen LogP contribution is -2.14. The first-order chi connectivity index (χ1) is 16.1. The number of hydrogen-bond acceptors (Lipinski definition) is 3. The van der Waals surface area contributed by atoms with E-state index in [4.69, 9.17) is 4.74 Å². The highest BCUT2D eigenvalue weighted by atomic mass is 16.5. The van der Waals surface area contributed by atoms with Gasteiger partial charge in [0.15, 0.2) is 0 Å². The molecule has 1 aromatic heterocycles. The molecule has 2 unspecified atom stereocenters. The van der Waals surface area contributed by atoms with Crippen LogP contribution in [0, 0.1) is 5.92 Å². The molecule has 0 radical (unpaired) electrons. The number of nitrogens with zero attached hydrogens (tertiary/aromatic N) is 1. The standard InChI is InChI=1S/C21H42O2.C9H13N/c1-4-6-7-8-9-10-11-12-13-14-15-16-17-18-19-23-21(22)20(3)5-2;1-3-8(2)9-4-6-10-7-5-9/h20H,4-19H2,1-3H3;4-8H,3H2,1-2H3. The number of ether oxygens (including phenoxy) is 1. The minimum Gasteiger partial charge on any atom is -0.465 e. The second-order valence-electron chi connectivity index (χ2n) is 9.66. The summed E-state index contributed by atoms with van der Waals surface area (Å²) in [7, 11) is 0. The van der Waals surface area contributed by atoms with Gasteiger partial charge in [0.05, 0.1) is 12.5 Å². The Morgan fingerprint density at radius 1 is 0.727 bits per heavy atom. The van der Waals surface area contributed by atoms with Crippen molar-refractivity contribution in [1.82, 2.24) is 4.98 Å². The molecule has 2 atom stereocenters. The molecule has 0 bridgehead atoms. The van der Waals surface area contributed by atoms with Crippen molar-refractivity contribution < 1.29 is 9.53 Å². The van der Waals surface area contributed by atoms with Crippen molar-refractivity contribution in [2.24, 2.45) is 5.92 Å². The first-order valence-corrected chi connectivity index (χ1v) is 14.1. The van der Waals surface area contributed by atoms with Crippen LogP contribution in [0.5, 0.6) is 0 Å². The number of esters is 1. The zero-order valence-corrected chi connectivity index (χ0v) is 22.7. The fourth-order valence-corrected chi connectivity index (χ4v) is 3.71. The van der Waals surface area contributed by atoms with Crippen LogP contribution in [0.4, 0.5) is 0 Å². The fraction of sp³-hybridized carbons (Fsp3) is 0.800. The van der Waals surface area contributed by atoms with E-state index < -0.39 is 0 Å². The third-order valence-electron chi connectivity index (χ3n) is 6.64. The van der Waals surface area contributed by atoms with E-state index in [1.165, 1.54) is 95.5 Å². The van der Waals surface area contributed by atoms with E-state index in [9.17, 15) is 4.79 Å². The Labute approximate surface area is 206 Å². The van der Waals surface area contributed by atoms with E-state index in [1.54, 1.807) is 0 Å². The summed E-state index contributed by atoms with van der Waals surface area (Å²) >= 11 is 0. The van der Waals surface area contributed by atoms with Gasteiger partial charge in [0.1, 0.15) is 0 Å². The SMILES string of the molecule is CCC(C)c1ccncc1.CCCCCCCCCCCCCCCCOC(=O)C(C)CC. The van der Waals surface area contributed by atoms with Crippen LogP contribution in [0.3, 0.4) is 0 Å². The zero-order chi connectivity index (χ0) is 24.6. The van der Waals surface area contributed by atoms with Gasteiger partial charge < -0.3 is 4.74 Å². The van der Waals surface area contributed by atoms with Crippen molar-refractivity contribution in [3.8, 4) is 0 Å². The van der Waals surface area contributed by atoms with Crippen LogP contribution in [-0.4, -0.2) is 17.6 Å². The van der Waals surface area contributed by atoms with Gasteiger partial charge in [-0.1, -0.05) is 118 Å². The van der Waals surface area contributed by atoms with Gasteiger partial charge in [-0.05, 0) is 42.9 Å². The van der Waals surface area contributed by atoms with Gasteiger partial charge in [0.25, 0.3) is 0 Å².